The smallest absolute Gasteiger partial charge is 0.257 e. The molecule has 0 atom stereocenters. The van der Waals surface area contributed by atoms with Crippen LogP contribution in [0.5, 0.6) is 5.75 Å². The van der Waals surface area contributed by atoms with Gasteiger partial charge in [-0.2, -0.15) is 0 Å². The molecule has 6 heteroatoms. The highest BCUT2D eigenvalue weighted by molar-refractivity contribution is 14.1. The number of carbonyl (C=O) groups excluding carboxylic acids is 1. The SMILES string of the molecule is CCN(CC(C)(C)O)C(=O)c1cc(Cl)c(I)cc1OC. The number of benzene rings is 1. The van der Waals surface area contributed by atoms with Gasteiger partial charge in [0.1, 0.15) is 5.75 Å². The fourth-order valence-electron chi connectivity index (χ4n) is 1.83. The average molecular weight is 412 g/mol. The van der Waals surface area contributed by atoms with Gasteiger partial charge in [-0.25, -0.2) is 0 Å². The third-order valence-electron chi connectivity index (χ3n) is 2.72. The van der Waals surface area contributed by atoms with Crippen molar-refractivity contribution in [1.29, 1.82) is 0 Å². The molecule has 0 unspecified atom stereocenters. The normalized spacial score (nSPS) is 11.3. The van der Waals surface area contributed by atoms with Crippen LogP contribution >= 0.6 is 34.2 Å². The Morgan fingerprint density at radius 1 is 1.50 bits per heavy atom. The minimum atomic E-state index is -0.952. The van der Waals surface area contributed by atoms with E-state index in [1.165, 1.54) is 7.11 Å². The first-order valence-electron chi connectivity index (χ1n) is 6.24. The van der Waals surface area contributed by atoms with E-state index in [0.29, 0.717) is 22.9 Å². The maximum atomic E-state index is 12.6. The fourth-order valence-corrected chi connectivity index (χ4v) is 2.43. The topological polar surface area (TPSA) is 49.8 Å². The van der Waals surface area contributed by atoms with Crippen molar-refractivity contribution in [3.8, 4) is 5.75 Å². The standard InChI is InChI=1S/C14H19ClINO3/c1-5-17(8-14(2,3)19)13(18)9-6-10(15)11(16)7-12(9)20-4/h6-7,19H,5,8H2,1-4H3. The lowest BCUT2D eigenvalue weighted by atomic mass is 10.1. The molecule has 1 aromatic rings. The van der Waals surface area contributed by atoms with Gasteiger partial charge in [0.2, 0.25) is 0 Å². The molecule has 1 N–H and O–H groups in total. The van der Waals surface area contributed by atoms with Gasteiger partial charge in [-0.05, 0) is 55.5 Å². The van der Waals surface area contributed by atoms with E-state index in [9.17, 15) is 9.90 Å². The molecule has 0 saturated carbocycles. The van der Waals surface area contributed by atoms with Gasteiger partial charge in [-0.15, -0.1) is 0 Å². The molecule has 112 valence electrons. The van der Waals surface area contributed by atoms with Crippen LogP contribution in [0.2, 0.25) is 5.02 Å². The monoisotopic (exact) mass is 411 g/mol. The maximum absolute atomic E-state index is 12.6. The molecule has 0 aliphatic heterocycles. The van der Waals surface area contributed by atoms with Crippen LogP contribution < -0.4 is 4.74 Å². The van der Waals surface area contributed by atoms with E-state index in [1.807, 2.05) is 6.92 Å². The van der Waals surface area contributed by atoms with E-state index < -0.39 is 5.60 Å². The number of hydrogen-bond donors (Lipinski definition) is 1. The zero-order valence-corrected chi connectivity index (χ0v) is 14.9. The number of aliphatic hydroxyl groups is 1. The molecule has 0 aromatic heterocycles. The predicted molar refractivity (Wildman–Crippen MR) is 88.6 cm³/mol. The van der Waals surface area contributed by atoms with Crippen LogP contribution in [0.15, 0.2) is 12.1 Å². The Morgan fingerprint density at radius 3 is 2.55 bits per heavy atom. The minimum absolute atomic E-state index is 0.204. The molecular weight excluding hydrogens is 393 g/mol. The number of ether oxygens (including phenoxy) is 1. The summed E-state index contributed by atoms with van der Waals surface area (Å²) >= 11 is 8.17. The van der Waals surface area contributed by atoms with Gasteiger partial charge in [-0.1, -0.05) is 11.6 Å². The van der Waals surface area contributed by atoms with Crippen LogP contribution in [0.1, 0.15) is 31.1 Å². The lowest BCUT2D eigenvalue weighted by molar-refractivity contribution is 0.0313. The van der Waals surface area contributed by atoms with E-state index in [4.69, 9.17) is 16.3 Å². The van der Waals surface area contributed by atoms with Gasteiger partial charge in [0.25, 0.3) is 5.91 Å². The zero-order valence-electron chi connectivity index (χ0n) is 12.0. The number of halogens is 2. The number of nitrogens with zero attached hydrogens (tertiary/aromatic N) is 1. The van der Waals surface area contributed by atoms with Crippen LogP contribution in [0.4, 0.5) is 0 Å². The van der Waals surface area contributed by atoms with Gasteiger partial charge < -0.3 is 14.7 Å². The first kappa shape index (κ1) is 17.5. The minimum Gasteiger partial charge on any atom is -0.496 e. The Hall–Kier alpha value is -0.530. The summed E-state index contributed by atoms with van der Waals surface area (Å²) in [6.45, 7) is 5.94. The summed E-state index contributed by atoms with van der Waals surface area (Å²) < 4.78 is 6.08. The second kappa shape index (κ2) is 6.95. The number of carbonyl (C=O) groups is 1. The third kappa shape index (κ3) is 4.49. The molecular formula is C14H19ClINO3. The summed E-state index contributed by atoms with van der Waals surface area (Å²) in [4.78, 5) is 14.1. The molecule has 0 aliphatic rings. The van der Waals surface area contributed by atoms with Crippen molar-refractivity contribution >= 4 is 40.1 Å². The van der Waals surface area contributed by atoms with Crippen LogP contribution in [0.3, 0.4) is 0 Å². The second-order valence-corrected chi connectivity index (χ2v) is 6.67. The highest BCUT2D eigenvalue weighted by Crippen LogP contribution is 2.29. The van der Waals surface area contributed by atoms with Crippen molar-refractivity contribution in [2.24, 2.45) is 0 Å². The average Bonchev–Trinajstić information content (AvgIpc) is 2.36. The molecule has 0 bridgehead atoms. The quantitative estimate of drug-likeness (QED) is 0.757. The first-order valence-corrected chi connectivity index (χ1v) is 7.70. The lowest BCUT2D eigenvalue weighted by Gasteiger charge is -2.28. The number of hydrogen-bond acceptors (Lipinski definition) is 3. The molecule has 1 aromatic carbocycles. The summed E-state index contributed by atoms with van der Waals surface area (Å²) in [5.74, 6) is 0.280. The summed E-state index contributed by atoms with van der Waals surface area (Å²) in [5, 5.41) is 10.4. The third-order valence-corrected chi connectivity index (χ3v) is 4.24. The highest BCUT2D eigenvalue weighted by Gasteiger charge is 2.25. The lowest BCUT2D eigenvalue weighted by Crippen LogP contribution is -2.42. The summed E-state index contributed by atoms with van der Waals surface area (Å²) in [5.41, 5.74) is -0.546. The highest BCUT2D eigenvalue weighted by atomic mass is 127. The van der Waals surface area contributed by atoms with E-state index >= 15 is 0 Å². The molecule has 0 fully saturated rings. The predicted octanol–water partition coefficient (Wildman–Crippen LogP) is 3.19. The number of methoxy groups -OCH3 is 1. The number of amides is 1. The summed E-state index contributed by atoms with van der Waals surface area (Å²) in [6.07, 6.45) is 0. The van der Waals surface area contributed by atoms with Crippen molar-refractivity contribution in [2.45, 2.75) is 26.4 Å². The first-order chi connectivity index (χ1) is 9.19. The molecule has 0 saturated heterocycles. The van der Waals surface area contributed by atoms with E-state index in [1.54, 1.807) is 30.9 Å². The van der Waals surface area contributed by atoms with Gasteiger partial charge in [-0.3, -0.25) is 4.79 Å². The van der Waals surface area contributed by atoms with Crippen LogP contribution in [-0.2, 0) is 0 Å². The Morgan fingerprint density at radius 2 is 2.10 bits per heavy atom. The van der Waals surface area contributed by atoms with Crippen molar-refractivity contribution in [3.05, 3.63) is 26.3 Å². The molecule has 1 amide bonds. The van der Waals surface area contributed by atoms with Crippen LogP contribution in [-0.4, -0.2) is 41.7 Å². The Bertz CT molecular complexity index is 500. The zero-order chi connectivity index (χ0) is 15.5. The molecule has 1 rings (SSSR count). The van der Waals surface area contributed by atoms with Gasteiger partial charge in [0.05, 0.1) is 23.3 Å². The van der Waals surface area contributed by atoms with Crippen molar-refractivity contribution in [3.63, 3.8) is 0 Å². The van der Waals surface area contributed by atoms with Crippen molar-refractivity contribution < 1.29 is 14.6 Å². The second-order valence-electron chi connectivity index (χ2n) is 5.10. The van der Waals surface area contributed by atoms with Gasteiger partial charge >= 0.3 is 0 Å². The Labute approximate surface area is 138 Å². The molecule has 20 heavy (non-hydrogen) atoms. The summed E-state index contributed by atoms with van der Waals surface area (Å²) in [6, 6.07) is 3.34. The molecule has 0 aliphatic carbocycles. The number of likely N-dealkylation sites (N-methyl/N-ethyl adjacent to an activating group) is 1. The molecule has 0 radical (unpaired) electrons. The van der Waals surface area contributed by atoms with Crippen LogP contribution in [0.25, 0.3) is 0 Å². The van der Waals surface area contributed by atoms with Crippen molar-refractivity contribution in [1.82, 2.24) is 4.90 Å². The van der Waals surface area contributed by atoms with Gasteiger partial charge in [0, 0.05) is 16.7 Å². The molecule has 4 nitrogen and oxygen atoms in total. The molecule has 0 spiro atoms. The van der Waals surface area contributed by atoms with E-state index in [0.717, 1.165) is 3.57 Å². The van der Waals surface area contributed by atoms with Crippen LogP contribution in [0, 0.1) is 3.57 Å². The Balaban J connectivity index is 3.15. The fraction of sp³-hybridized carbons (Fsp3) is 0.500. The molecule has 0 heterocycles. The van der Waals surface area contributed by atoms with Gasteiger partial charge in [0.15, 0.2) is 0 Å². The largest absolute Gasteiger partial charge is 0.496 e. The number of rotatable bonds is 5. The summed E-state index contributed by atoms with van der Waals surface area (Å²) in [7, 11) is 1.52. The van der Waals surface area contributed by atoms with Crippen molar-refractivity contribution in [2.75, 3.05) is 20.2 Å². The maximum Gasteiger partial charge on any atom is 0.257 e. The Kier molecular flexibility index (Phi) is 6.09. The van der Waals surface area contributed by atoms with E-state index in [-0.39, 0.29) is 12.5 Å². The van der Waals surface area contributed by atoms with E-state index in [2.05, 4.69) is 22.6 Å².